The van der Waals surface area contributed by atoms with E-state index >= 15 is 0 Å². The quantitative estimate of drug-likeness (QED) is 0.807. The maximum atomic E-state index is 5.48. The van der Waals surface area contributed by atoms with Crippen LogP contribution in [0.4, 0.5) is 0 Å². The van der Waals surface area contributed by atoms with Gasteiger partial charge in [0.2, 0.25) is 5.89 Å². The van der Waals surface area contributed by atoms with Gasteiger partial charge in [-0.2, -0.15) is 0 Å². The van der Waals surface area contributed by atoms with Gasteiger partial charge in [0.05, 0.1) is 0 Å². The number of thioether (sulfide) groups is 1. The fourth-order valence-corrected chi connectivity index (χ4v) is 1.85. The summed E-state index contributed by atoms with van der Waals surface area (Å²) in [5, 5.41) is 8.54. The van der Waals surface area contributed by atoms with E-state index in [0.717, 1.165) is 15.8 Å². The maximum Gasteiger partial charge on any atom is 0.276 e. The molecule has 1 heterocycles. The predicted octanol–water partition coefficient (Wildman–Crippen LogP) is 3.61. The van der Waals surface area contributed by atoms with Gasteiger partial charge in [0.1, 0.15) is 0 Å². The molecule has 0 aliphatic heterocycles. The second-order valence-corrected chi connectivity index (χ2v) is 4.94. The van der Waals surface area contributed by atoms with Crippen molar-refractivity contribution in [2.75, 3.05) is 5.75 Å². The third-order valence-electron chi connectivity index (χ3n) is 1.77. The minimum Gasteiger partial charge on any atom is -0.411 e. The van der Waals surface area contributed by atoms with E-state index in [4.69, 9.17) is 4.42 Å². The topological polar surface area (TPSA) is 38.9 Å². The van der Waals surface area contributed by atoms with Gasteiger partial charge in [0.15, 0.2) is 0 Å². The molecule has 0 aliphatic carbocycles. The molecule has 0 bridgehead atoms. The molecule has 78 valence electrons. The van der Waals surface area contributed by atoms with Crippen molar-refractivity contribution in [2.45, 2.75) is 12.1 Å². The fraction of sp³-hybridized carbons (Fsp3) is 0.200. The van der Waals surface area contributed by atoms with Crippen molar-refractivity contribution in [2.24, 2.45) is 0 Å². The van der Waals surface area contributed by atoms with Gasteiger partial charge in [0.25, 0.3) is 5.22 Å². The molecule has 0 N–H and O–H groups in total. The van der Waals surface area contributed by atoms with E-state index in [-0.39, 0.29) is 0 Å². The predicted molar refractivity (Wildman–Crippen MR) is 63.8 cm³/mol. The number of hydrogen-bond donors (Lipinski definition) is 0. The first-order chi connectivity index (χ1) is 7.29. The lowest BCUT2D eigenvalue weighted by Crippen LogP contribution is -1.76. The highest BCUT2D eigenvalue weighted by molar-refractivity contribution is 9.10. The summed E-state index contributed by atoms with van der Waals surface area (Å²) in [6, 6.07) is 7.79. The van der Waals surface area contributed by atoms with Crippen LogP contribution in [0.2, 0.25) is 0 Å². The highest BCUT2D eigenvalue weighted by Gasteiger charge is 2.07. The Morgan fingerprint density at radius 2 is 2.00 bits per heavy atom. The third kappa shape index (κ3) is 2.60. The Bertz CT molecular complexity index is 441. The molecular weight excluding hydrogens is 276 g/mol. The molecule has 0 unspecified atom stereocenters. The van der Waals surface area contributed by atoms with Crippen LogP contribution in [0, 0.1) is 0 Å². The summed E-state index contributed by atoms with van der Waals surface area (Å²) in [4.78, 5) is 0. The van der Waals surface area contributed by atoms with Crippen LogP contribution >= 0.6 is 27.7 Å². The molecule has 0 fully saturated rings. The Balaban J connectivity index is 2.25. The first kappa shape index (κ1) is 10.7. The van der Waals surface area contributed by atoms with Gasteiger partial charge in [-0.1, -0.05) is 34.6 Å². The van der Waals surface area contributed by atoms with Crippen LogP contribution in [0.5, 0.6) is 0 Å². The Morgan fingerprint density at radius 1 is 1.27 bits per heavy atom. The number of halogens is 1. The SMILES string of the molecule is CCSc1nnc(-c2ccc(Br)cc2)o1. The molecule has 1 aromatic carbocycles. The standard InChI is InChI=1S/C10H9BrN2OS/c1-2-15-10-13-12-9(14-10)7-3-5-8(11)6-4-7/h3-6H,2H2,1H3. The van der Waals surface area contributed by atoms with E-state index in [1.54, 1.807) is 11.8 Å². The summed E-state index contributed by atoms with van der Waals surface area (Å²) in [5.74, 6) is 1.50. The summed E-state index contributed by atoms with van der Waals surface area (Å²) in [6.07, 6.45) is 0. The molecule has 0 saturated heterocycles. The number of nitrogens with zero attached hydrogens (tertiary/aromatic N) is 2. The molecule has 0 saturated carbocycles. The van der Waals surface area contributed by atoms with Crippen molar-refractivity contribution in [1.29, 1.82) is 0 Å². The first-order valence-electron chi connectivity index (χ1n) is 4.52. The minimum absolute atomic E-state index is 0.568. The Labute approximate surface area is 100 Å². The van der Waals surface area contributed by atoms with E-state index < -0.39 is 0 Å². The largest absolute Gasteiger partial charge is 0.411 e. The number of hydrogen-bond acceptors (Lipinski definition) is 4. The lowest BCUT2D eigenvalue weighted by atomic mass is 10.2. The van der Waals surface area contributed by atoms with Crippen LogP contribution < -0.4 is 0 Å². The van der Waals surface area contributed by atoms with Crippen molar-refractivity contribution in [3.8, 4) is 11.5 Å². The Kier molecular flexibility index (Phi) is 3.43. The normalized spacial score (nSPS) is 10.5. The van der Waals surface area contributed by atoms with E-state index in [9.17, 15) is 0 Å². The second kappa shape index (κ2) is 4.81. The van der Waals surface area contributed by atoms with E-state index in [0.29, 0.717) is 11.1 Å². The van der Waals surface area contributed by atoms with Crippen molar-refractivity contribution >= 4 is 27.7 Å². The summed E-state index contributed by atoms with van der Waals surface area (Å²) in [5.41, 5.74) is 0.939. The van der Waals surface area contributed by atoms with E-state index in [1.165, 1.54) is 0 Å². The monoisotopic (exact) mass is 284 g/mol. The van der Waals surface area contributed by atoms with Crippen molar-refractivity contribution < 1.29 is 4.42 Å². The zero-order valence-corrected chi connectivity index (χ0v) is 10.5. The molecule has 0 radical (unpaired) electrons. The second-order valence-electron chi connectivity index (χ2n) is 2.81. The van der Waals surface area contributed by atoms with E-state index in [2.05, 4.69) is 26.1 Å². The maximum absolute atomic E-state index is 5.48. The molecule has 1 aromatic heterocycles. The van der Waals surface area contributed by atoms with Gasteiger partial charge in [-0.25, -0.2) is 0 Å². The van der Waals surface area contributed by atoms with Gasteiger partial charge >= 0.3 is 0 Å². The highest BCUT2D eigenvalue weighted by atomic mass is 79.9. The van der Waals surface area contributed by atoms with Crippen LogP contribution in [-0.4, -0.2) is 16.0 Å². The molecular formula is C10H9BrN2OS. The van der Waals surface area contributed by atoms with Gasteiger partial charge in [-0.3, -0.25) is 0 Å². The van der Waals surface area contributed by atoms with Crippen molar-refractivity contribution in [3.05, 3.63) is 28.7 Å². The summed E-state index contributed by atoms with van der Waals surface area (Å²) >= 11 is 4.92. The fourth-order valence-electron chi connectivity index (χ4n) is 1.10. The van der Waals surface area contributed by atoms with Crippen LogP contribution in [0.25, 0.3) is 11.5 Å². The lowest BCUT2D eigenvalue weighted by molar-refractivity contribution is 0.466. The number of benzene rings is 1. The Morgan fingerprint density at radius 3 is 2.67 bits per heavy atom. The smallest absolute Gasteiger partial charge is 0.276 e. The van der Waals surface area contributed by atoms with Crippen LogP contribution in [0.1, 0.15) is 6.92 Å². The zero-order valence-electron chi connectivity index (χ0n) is 8.11. The summed E-state index contributed by atoms with van der Waals surface area (Å²) in [7, 11) is 0. The van der Waals surface area contributed by atoms with Gasteiger partial charge < -0.3 is 4.42 Å². The molecule has 5 heteroatoms. The van der Waals surface area contributed by atoms with Crippen LogP contribution in [-0.2, 0) is 0 Å². The number of aromatic nitrogens is 2. The minimum atomic E-state index is 0.568. The van der Waals surface area contributed by atoms with Gasteiger partial charge in [-0.05, 0) is 30.0 Å². The zero-order chi connectivity index (χ0) is 10.7. The molecule has 15 heavy (non-hydrogen) atoms. The van der Waals surface area contributed by atoms with Crippen molar-refractivity contribution in [3.63, 3.8) is 0 Å². The van der Waals surface area contributed by atoms with Crippen molar-refractivity contribution in [1.82, 2.24) is 10.2 Å². The molecule has 2 aromatic rings. The summed E-state index contributed by atoms with van der Waals surface area (Å²) in [6.45, 7) is 2.05. The summed E-state index contributed by atoms with van der Waals surface area (Å²) < 4.78 is 6.51. The average Bonchev–Trinajstić information content (AvgIpc) is 2.68. The molecule has 3 nitrogen and oxygen atoms in total. The van der Waals surface area contributed by atoms with Gasteiger partial charge in [-0.15, -0.1) is 10.2 Å². The third-order valence-corrected chi connectivity index (χ3v) is 2.99. The Hall–Kier alpha value is -0.810. The highest BCUT2D eigenvalue weighted by Crippen LogP contribution is 2.23. The molecule has 0 atom stereocenters. The van der Waals surface area contributed by atoms with Crippen LogP contribution in [0.15, 0.2) is 38.4 Å². The first-order valence-corrected chi connectivity index (χ1v) is 6.29. The van der Waals surface area contributed by atoms with Gasteiger partial charge in [0, 0.05) is 10.0 Å². The van der Waals surface area contributed by atoms with Crippen LogP contribution in [0.3, 0.4) is 0 Å². The average molecular weight is 285 g/mol. The lowest BCUT2D eigenvalue weighted by Gasteiger charge is -1.94. The molecule has 0 amide bonds. The molecule has 0 aliphatic rings. The molecule has 2 rings (SSSR count). The van der Waals surface area contributed by atoms with E-state index in [1.807, 2.05) is 31.2 Å². The molecule has 0 spiro atoms. The number of rotatable bonds is 3.